The van der Waals surface area contributed by atoms with E-state index in [0.29, 0.717) is 22.7 Å². The SMILES string of the molecule is CCCc1ccc(Cc2cc(C(F)(F)F)nc(-c3cccc(Cl)c3)n2)cc1. The summed E-state index contributed by atoms with van der Waals surface area (Å²) in [5, 5.41) is 0.418. The Hall–Kier alpha value is -2.40. The lowest BCUT2D eigenvalue weighted by molar-refractivity contribution is -0.141. The molecular weight excluding hydrogens is 373 g/mol. The Morgan fingerprint density at radius 3 is 2.26 bits per heavy atom. The van der Waals surface area contributed by atoms with Crippen molar-refractivity contribution in [3.8, 4) is 11.4 Å². The van der Waals surface area contributed by atoms with Gasteiger partial charge >= 0.3 is 6.18 Å². The molecular formula is C21H18ClF3N2. The zero-order chi connectivity index (χ0) is 19.4. The Bertz CT molecular complexity index is 921. The molecule has 0 aliphatic rings. The zero-order valence-corrected chi connectivity index (χ0v) is 15.5. The summed E-state index contributed by atoms with van der Waals surface area (Å²) in [6.45, 7) is 2.10. The first-order valence-corrected chi connectivity index (χ1v) is 9.02. The molecule has 2 nitrogen and oxygen atoms in total. The summed E-state index contributed by atoms with van der Waals surface area (Å²) in [5.74, 6) is 0.0185. The highest BCUT2D eigenvalue weighted by molar-refractivity contribution is 6.30. The normalized spacial score (nSPS) is 11.6. The summed E-state index contributed by atoms with van der Waals surface area (Å²) in [5.41, 5.74) is 1.92. The minimum Gasteiger partial charge on any atom is -0.233 e. The van der Waals surface area contributed by atoms with Crippen LogP contribution in [0.5, 0.6) is 0 Å². The highest BCUT2D eigenvalue weighted by Gasteiger charge is 2.33. The summed E-state index contributed by atoms with van der Waals surface area (Å²) in [6, 6.07) is 15.4. The number of benzene rings is 2. The first kappa shape index (κ1) is 19.4. The van der Waals surface area contributed by atoms with Crippen LogP contribution in [0.3, 0.4) is 0 Å². The van der Waals surface area contributed by atoms with Crippen LogP contribution in [0.2, 0.25) is 5.02 Å². The van der Waals surface area contributed by atoms with Gasteiger partial charge in [-0.3, -0.25) is 0 Å². The number of aromatic nitrogens is 2. The molecule has 0 radical (unpaired) electrons. The van der Waals surface area contributed by atoms with Crippen molar-refractivity contribution in [1.82, 2.24) is 9.97 Å². The molecule has 0 saturated carbocycles. The van der Waals surface area contributed by atoms with Gasteiger partial charge in [0.2, 0.25) is 0 Å². The van der Waals surface area contributed by atoms with E-state index in [1.54, 1.807) is 24.3 Å². The highest BCUT2D eigenvalue weighted by atomic mass is 35.5. The van der Waals surface area contributed by atoms with Crippen LogP contribution in [0.25, 0.3) is 11.4 Å². The third-order valence-corrected chi connectivity index (χ3v) is 4.33. The van der Waals surface area contributed by atoms with Gasteiger partial charge in [-0.1, -0.05) is 61.3 Å². The van der Waals surface area contributed by atoms with Gasteiger partial charge in [0.25, 0.3) is 0 Å². The lowest BCUT2D eigenvalue weighted by Gasteiger charge is -2.11. The molecule has 0 aliphatic heterocycles. The summed E-state index contributed by atoms with van der Waals surface area (Å²) in [6.07, 6.45) is -2.23. The van der Waals surface area contributed by atoms with Crippen LogP contribution in [-0.4, -0.2) is 9.97 Å². The molecule has 0 atom stereocenters. The topological polar surface area (TPSA) is 25.8 Å². The van der Waals surface area contributed by atoms with Crippen LogP contribution in [0.15, 0.2) is 54.6 Å². The quantitative estimate of drug-likeness (QED) is 0.506. The first-order valence-electron chi connectivity index (χ1n) is 8.64. The van der Waals surface area contributed by atoms with Crippen molar-refractivity contribution >= 4 is 11.6 Å². The molecule has 1 aromatic heterocycles. The van der Waals surface area contributed by atoms with Crippen molar-refractivity contribution in [1.29, 1.82) is 0 Å². The molecule has 0 bridgehead atoms. The maximum absolute atomic E-state index is 13.3. The Morgan fingerprint density at radius 1 is 0.926 bits per heavy atom. The molecule has 140 valence electrons. The largest absolute Gasteiger partial charge is 0.433 e. The van der Waals surface area contributed by atoms with E-state index in [0.717, 1.165) is 24.5 Å². The van der Waals surface area contributed by atoms with Crippen LogP contribution in [0.1, 0.15) is 35.9 Å². The molecule has 2 aromatic carbocycles. The number of hydrogen-bond donors (Lipinski definition) is 0. The molecule has 6 heteroatoms. The Balaban J connectivity index is 1.97. The monoisotopic (exact) mass is 390 g/mol. The Kier molecular flexibility index (Phi) is 5.80. The number of halogens is 4. The lowest BCUT2D eigenvalue weighted by Crippen LogP contribution is -2.11. The molecule has 0 spiro atoms. The van der Waals surface area contributed by atoms with Crippen molar-refractivity contribution < 1.29 is 13.2 Å². The molecule has 1 heterocycles. The minimum absolute atomic E-state index is 0.0185. The summed E-state index contributed by atoms with van der Waals surface area (Å²) in [4.78, 5) is 8.04. The summed E-state index contributed by atoms with van der Waals surface area (Å²) >= 11 is 5.96. The second kappa shape index (κ2) is 8.09. The van der Waals surface area contributed by atoms with Gasteiger partial charge in [0.15, 0.2) is 5.82 Å². The van der Waals surface area contributed by atoms with E-state index in [1.807, 2.05) is 24.3 Å². The molecule has 0 unspecified atom stereocenters. The van der Waals surface area contributed by atoms with Crippen molar-refractivity contribution in [2.24, 2.45) is 0 Å². The van der Waals surface area contributed by atoms with E-state index >= 15 is 0 Å². The maximum atomic E-state index is 13.3. The molecule has 3 rings (SSSR count). The van der Waals surface area contributed by atoms with Gasteiger partial charge < -0.3 is 0 Å². The number of nitrogens with zero attached hydrogens (tertiary/aromatic N) is 2. The van der Waals surface area contributed by atoms with E-state index in [2.05, 4.69) is 16.9 Å². The fourth-order valence-corrected chi connectivity index (χ4v) is 3.00. The third kappa shape index (κ3) is 5.07. The van der Waals surface area contributed by atoms with Gasteiger partial charge in [-0.25, -0.2) is 9.97 Å². The first-order chi connectivity index (χ1) is 12.8. The fraction of sp³-hybridized carbons (Fsp3) is 0.238. The second-order valence-corrected chi connectivity index (χ2v) is 6.76. The van der Waals surface area contributed by atoms with Crippen molar-refractivity contribution in [3.05, 3.63) is 82.1 Å². The van der Waals surface area contributed by atoms with E-state index in [9.17, 15) is 13.2 Å². The molecule has 0 amide bonds. The highest BCUT2D eigenvalue weighted by Crippen LogP contribution is 2.30. The second-order valence-electron chi connectivity index (χ2n) is 6.32. The smallest absolute Gasteiger partial charge is 0.233 e. The van der Waals surface area contributed by atoms with Gasteiger partial charge in [-0.2, -0.15) is 13.2 Å². The van der Waals surface area contributed by atoms with E-state index in [-0.39, 0.29) is 5.82 Å². The predicted molar refractivity (Wildman–Crippen MR) is 101 cm³/mol. The van der Waals surface area contributed by atoms with Crippen molar-refractivity contribution in [2.45, 2.75) is 32.4 Å². The van der Waals surface area contributed by atoms with Gasteiger partial charge in [-0.05, 0) is 35.7 Å². The molecule has 0 saturated heterocycles. The standard InChI is InChI=1S/C21H18ClF3N2/c1-2-4-14-7-9-15(10-8-14)11-18-13-19(21(23,24)25)27-20(26-18)16-5-3-6-17(22)12-16/h3,5-10,12-13H,2,4,11H2,1H3. The van der Waals surface area contributed by atoms with E-state index < -0.39 is 11.9 Å². The van der Waals surface area contributed by atoms with E-state index in [4.69, 9.17) is 11.6 Å². The number of alkyl halides is 3. The third-order valence-electron chi connectivity index (χ3n) is 4.10. The molecule has 0 fully saturated rings. The van der Waals surface area contributed by atoms with Crippen LogP contribution in [0.4, 0.5) is 13.2 Å². The van der Waals surface area contributed by atoms with Gasteiger partial charge in [0, 0.05) is 22.7 Å². The zero-order valence-electron chi connectivity index (χ0n) is 14.7. The number of aryl methyl sites for hydroxylation is 1. The lowest BCUT2D eigenvalue weighted by atomic mass is 10.0. The van der Waals surface area contributed by atoms with Crippen LogP contribution >= 0.6 is 11.6 Å². The van der Waals surface area contributed by atoms with Crippen molar-refractivity contribution in [2.75, 3.05) is 0 Å². The van der Waals surface area contributed by atoms with Gasteiger partial charge in [0.1, 0.15) is 5.69 Å². The van der Waals surface area contributed by atoms with Crippen LogP contribution in [0, 0.1) is 0 Å². The minimum atomic E-state index is -4.55. The predicted octanol–water partition coefficient (Wildman–Crippen LogP) is 6.36. The maximum Gasteiger partial charge on any atom is 0.433 e. The van der Waals surface area contributed by atoms with Crippen molar-refractivity contribution in [3.63, 3.8) is 0 Å². The Morgan fingerprint density at radius 2 is 1.63 bits per heavy atom. The fourth-order valence-electron chi connectivity index (χ4n) is 2.81. The number of hydrogen-bond acceptors (Lipinski definition) is 2. The number of rotatable bonds is 5. The molecule has 27 heavy (non-hydrogen) atoms. The molecule has 0 N–H and O–H groups in total. The summed E-state index contributed by atoms with van der Waals surface area (Å²) < 4.78 is 39.9. The summed E-state index contributed by atoms with van der Waals surface area (Å²) in [7, 11) is 0. The van der Waals surface area contributed by atoms with Gasteiger partial charge in [0.05, 0.1) is 0 Å². The average Bonchev–Trinajstić information content (AvgIpc) is 2.63. The van der Waals surface area contributed by atoms with Crippen LogP contribution in [-0.2, 0) is 19.0 Å². The molecule has 0 aliphatic carbocycles. The average molecular weight is 391 g/mol. The van der Waals surface area contributed by atoms with E-state index in [1.165, 1.54) is 5.56 Å². The van der Waals surface area contributed by atoms with Crippen LogP contribution < -0.4 is 0 Å². The van der Waals surface area contributed by atoms with Gasteiger partial charge in [-0.15, -0.1) is 0 Å². The Labute approximate surface area is 161 Å². The molecule has 3 aromatic rings.